The summed E-state index contributed by atoms with van der Waals surface area (Å²) in [6.07, 6.45) is -4.67. The van der Waals surface area contributed by atoms with Crippen molar-refractivity contribution in [2.45, 2.75) is 32.2 Å². The maximum atomic E-state index is 13.0. The quantitative estimate of drug-likeness (QED) is 0.781. The molecule has 0 radical (unpaired) electrons. The molecule has 136 valence electrons. The smallest absolute Gasteiger partial charge is 0.419 e. The lowest BCUT2D eigenvalue weighted by Crippen LogP contribution is -2.35. The summed E-state index contributed by atoms with van der Waals surface area (Å²) in [4.78, 5) is 16.1. The highest BCUT2D eigenvalue weighted by Crippen LogP contribution is 2.36. The highest BCUT2D eigenvalue weighted by Gasteiger charge is 2.34. The summed E-state index contributed by atoms with van der Waals surface area (Å²) in [7, 11) is 0. The van der Waals surface area contributed by atoms with Crippen LogP contribution in [0.5, 0.6) is 5.75 Å². The highest BCUT2D eigenvalue weighted by molar-refractivity contribution is 7.09. The van der Waals surface area contributed by atoms with Gasteiger partial charge in [0.15, 0.2) is 0 Å². The molecule has 25 heavy (non-hydrogen) atoms. The molecule has 9 heteroatoms. The number of ether oxygens (including phenoxy) is 1. The SMILES string of the molecule is CCC(CNC(=O)c1csc(CN)n1)Oc1ccccc1C(F)(F)F. The Labute approximate surface area is 147 Å². The van der Waals surface area contributed by atoms with Crippen LogP contribution in [0.15, 0.2) is 29.6 Å². The Bertz CT molecular complexity index is 719. The molecular weight excluding hydrogens is 355 g/mol. The zero-order valence-electron chi connectivity index (χ0n) is 13.5. The second kappa shape index (κ2) is 8.30. The topological polar surface area (TPSA) is 77.2 Å². The summed E-state index contributed by atoms with van der Waals surface area (Å²) in [5, 5.41) is 4.84. The number of hydrogen-bond acceptors (Lipinski definition) is 5. The number of nitrogens with zero attached hydrogens (tertiary/aromatic N) is 1. The van der Waals surface area contributed by atoms with Gasteiger partial charge in [0.05, 0.1) is 12.1 Å². The van der Waals surface area contributed by atoms with Gasteiger partial charge in [0.25, 0.3) is 5.91 Å². The van der Waals surface area contributed by atoms with Gasteiger partial charge in [0.1, 0.15) is 22.6 Å². The van der Waals surface area contributed by atoms with Crippen molar-refractivity contribution in [1.29, 1.82) is 0 Å². The van der Waals surface area contributed by atoms with E-state index < -0.39 is 23.8 Å². The van der Waals surface area contributed by atoms with Crippen LogP contribution in [0.1, 0.15) is 34.4 Å². The number of amides is 1. The Morgan fingerprint density at radius 1 is 1.40 bits per heavy atom. The molecule has 2 aromatic rings. The number of carbonyl (C=O) groups excluding carboxylic acids is 1. The van der Waals surface area contributed by atoms with E-state index in [2.05, 4.69) is 10.3 Å². The monoisotopic (exact) mass is 373 g/mol. The van der Waals surface area contributed by atoms with Crippen LogP contribution >= 0.6 is 11.3 Å². The van der Waals surface area contributed by atoms with E-state index in [0.29, 0.717) is 11.4 Å². The molecule has 1 aromatic heterocycles. The van der Waals surface area contributed by atoms with Gasteiger partial charge in [0, 0.05) is 11.9 Å². The van der Waals surface area contributed by atoms with Crippen LogP contribution in [-0.2, 0) is 12.7 Å². The highest BCUT2D eigenvalue weighted by atomic mass is 32.1. The Morgan fingerprint density at radius 2 is 2.12 bits per heavy atom. The molecule has 1 aromatic carbocycles. The van der Waals surface area contributed by atoms with Gasteiger partial charge >= 0.3 is 6.18 Å². The van der Waals surface area contributed by atoms with Crippen LogP contribution < -0.4 is 15.8 Å². The minimum atomic E-state index is -4.50. The molecule has 5 nitrogen and oxygen atoms in total. The molecule has 0 aliphatic heterocycles. The van der Waals surface area contributed by atoms with Gasteiger partial charge in [-0.3, -0.25) is 4.79 Å². The molecule has 0 aliphatic rings. The summed E-state index contributed by atoms with van der Waals surface area (Å²) in [6.45, 7) is 2.08. The fraction of sp³-hybridized carbons (Fsp3) is 0.375. The van der Waals surface area contributed by atoms with Crippen molar-refractivity contribution in [2.24, 2.45) is 5.73 Å². The molecule has 3 N–H and O–H groups in total. The fourth-order valence-electron chi connectivity index (χ4n) is 2.06. The average molecular weight is 373 g/mol. The molecule has 2 rings (SSSR count). The van der Waals surface area contributed by atoms with E-state index >= 15 is 0 Å². The number of halogens is 3. The number of alkyl halides is 3. The van der Waals surface area contributed by atoms with E-state index in [1.54, 1.807) is 12.3 Å². The van der Waals surface area contributed by atoms with Crippen LogP contribution in [-0.4, -0.2) is 23.5 Å². The molecule has 0 fully saturated rings. The van der Waals surface area contributed by atoms with Gasteiger partial charge in [-0.15, -0.1) is 11.3 Å². The van der Waals surface area contributed by atoms with Gasteiger partial charge < -0.3 is 15.8 Å². The molecular formula is C16H18F3N3O2S. The third-order valence-corrected chi connectivity index (χ3v) is 4.26. The molecule has 1 atom stereocenters. The minimum Gasteiger partial charge on any atom is -0.488 e. The predicted molar refractivity (Wildman–Crippen MR) is 88.5 cm³/mol. The lowest BCUT2D eigenvalue weighted by molar-refractivity contribution is -0.139. The molecule has 1 unspecified atom stereocenters. The summed E-state index contributed by atoms with van der Waals surface area (Å²) < 4.78 is 44.5. The molecule has 0 spiro atoms. The third kappa shape index (κ3) is 5.17. The van der Waals surface area contributed by atoms with E-state index in [1.807, 2.05) is 0 Å². The Hall–Kier alpha value is -2.13. The predicted octanol–water partition coefficient (Wildman–Crippen LogP) is 3.21. The van der Waals surface area contributed by atoms with E-state index in [-0.39, 0.29) is 24.5 Å². The van der Waals surface area contributed by atoms with E-state index in [1.165, 1.54) is 29.5 Å². The van der Waals surface area contributed by atoms with Crippen molar-refractivity contribution in [2.75, 3.05) is 6.54 Å². The first-order valence-electron chi connectivity index (χ1n) is 7.60. The van der Waals surface area contributed by atoms with Gasteiger partial charge in [-0.05, 0) is 18.6 Å². The zero-order valence-corrected chi connectivity index (χ0v) is 14.3. The Morgan fingerprint density at radius 3 is 2.72 bits per heavy atom. The molecule has 0 saturated carbocycles. The molecule has 0 saturated heterocycles. The van der Waals surface area contributed by atoms with Crippen molar-refractivity contribution in [3.8, 4) is 5.75 Å². The lowest BCUT2D eigenvalue weighted by atomic mass is 10.2. The van der Waals surface area contributed by atoms with E-state index in [0.717, 1.165) is 6.07 Å². The van der Waals surface area contributed by atoms with Crippen LogP contribution in [0.4, 0.5) is 13.2 Å². The second-order valence-electron chi connectivity index (χ2n) is 5.18. The molecule has 1 heterocycles. The molecule has 0 bridgehead atoms. The number of hydrogen-bond donors (Lipinski definition) is 2. The van der Waals surface area contributed by atoms with Gasteiger partial charge in [-0.1, -0.05) is 19.1 Å². The first-order chi connectivity index (χ1) is 11.8. The minimum absolute atomic E-state index is 0.0665. The largest absolute Gasteiger partial charge is 0.488 e. The maximum Gasteiger partial charge on any atom is 0.419 e. The lowest BCUT2D eigenvalue weighted by Gasteiger charge is -2.21. The summed E-state index contributed by atoms with van der Waals surface area (Å²) in [5.41, 5.74) is 4.84. The zero-order chi connectivity index (χ0) is 18.4. The number of carbonyl (C=O) groups is 1. The second-order valence-corrected chi connectivity index (χ2v) is 6.13. The maximum absolute atomic E-state index is 13.0. The third-order valence-electron chi connectivity index (χ3n) is 3.39. The number of aromatic nitrogens is 1. The van der Waals surface area contributed by atoms with Crippen LogP contribution in [0, 0.1) is 0 Å². The van der Waals surface area contributed by atoms with Crippen molar-refractivity contribution < 1.29 is 22.7 Å². The van der Waals surface area contributed by atoms with Crippen molar-refractivity contribution in [3.05, 3.63) is 45.9 Å². The molecule has 1 amide bonds. The van der Waals surface area contributed by atoms with Gasteiger partial charge in [-0.25, -0.2) is 4.98 Å². The van der Waals surface area contributed by atoms with Crippen molar-refractivity contribution in [1.82, 2.24) is 10.3 Å². The van der Waals surface area contributed by atoms with Gasteiger partial charge in [-0.2, -0.15) is 13.2 Å². The van der Waals surface area contributed by atoms with E-state index in [9.17, 15) is 18.0 Å². The number of thiazole rings is 1. The Kier molecular flexibility index (Phi) is 6.38. The number of nitrogens with two attached hydrogens (primary N) is 1. The summed E-state index contributed by atoms with van der Waals surface area (Å²) >= 11 is 1.27. The van der Waals surface area contributed by atoms with Gasteiger partial charge in [0.2, 0.25) is 0 Å². The first kappa shape index (κ1) is 19.2. The number of benzene rings is 1. The van der Waals surface area contributed by atoms with E-state index in [4.69, 9.17) is 10.5 Å². The van der Waals surface area contributed by atoms with Crippen molar-refractivity contribution >= 4 is 17.2 Å². The average Bonchev–Trinajstić information content (AvgIpc) is 3.07. The number of para-hydroxylation sites is 1. The number of rotatable bonds is 7. The van der Waals surface area contributed by atoms with Crippen LogP contribution in [0.3, 0.4) is 0 Å². The summed E-state index contributed by atoms with van der Waals surface area (Å²) in [5.74, 6) is -0.669. The first-order valence-corrected chi connectivity index (χ1v) is 8.48. The van der Waals surface area contributed by atoms with Crippen LogP contribution in [0.25, 0.3) is 0 Å². The molecule has 0 aliphatic carbocycles. The fourth-order valence-corrected chi connectivity index (χ4v) is 2.71. The summed E-state index contributed by atoms with van der Waals surface area (Å²) in [6, 6.07) is 5.00. The standard InChI is InChI=1S/C16H18F3N3O2S/c1-2-10(8-21-15(23)12-9-25-14(7-20)22-12)24-13-6-4-3-5-11(13)16(17,18)19/h3-6,9-10H,2,7-8,20H2,1H3,(H,21,23). The van der Waals surface area contributed by atoms with Crippen LogP contribution in [0.2, 0.25) is 0 Å². The normalized spacial score (nSPS) is 12.7. The Balaban J connectivity index is 2.00. The number of nitrogens with one attached hydrogen (secondary N) is 1. The van der Waals surface area contributed by atoms with Crippen molar-refractivity contribution in [3.63, 3.8) is 0 Å².